The molecule has 2 aromatic rings. The van der Waals surface area contributed by atoms with Crippen LogP contribution in [-0.4, -0.2) is 33.8 Å². The van der Waals surface area contributed by atoms with Gasteiger partial charge in [-0.15, -0.1) is 0 Å². The Balaban J connectivity index is 1.69. The van der Waals surface area contributed by atoms with Crippen LogP contribution in [-0.2, 0) is 18.3 Å². The van der Waals surface area contributed by atoms with E-state index in [0.717, 1.165) is 16.0 Å². The van der Waals surface area contributed by atoms with Crippen molar-refractivity contribution in [1.82, 2.24) is 20.1 Å². The zero-order valence-corrected chi connectivity index (χ0v) is 12.7. The van der Waals surface area contributed by atoms with Crippen LogP contribution in [0.15, 0.2) is 35.1 Å². The normalized spacial score (nSPS) is 10.5. The number of anilines is 1. The van der Waals surface area contributed by atoms with E-state index in [2.05, 4.69) is 36.6 Å². The molecule has 0 saturated carbocycles. The molecule has 0 unspecified atom stereocenters. The van der Waals surface area contributed by atoms with Gasteiger partial charge in [0.05, 0.1) is 12.2 Å². The largest absolute Gasteiger partial charge is 0.324 e. The Morgan fingerprint density at radius 2 is 2.20 bits per heavy atom. The fraction of sp³-hybridized carbons (Fsp3) is 0.308. The number of rotatable bonds is 6. The number of carbonyl (C=O) groups excluding carboxylic acids is 1. The second-order valence-electron chi connectivity index (χ2n) is 4.29. The van der Waals surface area contributed by atoms with Gasteiger partial charge in [-0.25, -0.2) is 4.98 Å². The first-order chi connectivity index (χ1) is 9.65. The molecule has 0 aliphatic heterocycles. The van der Waals surface area contributed by atoms with E-state index in [-0.39, 0.29) is 12.5 Å². The van der Waals surface area contributed by atoms with E-state index >= 15 is 0 Å². The molecular weight excluding hydrogens is 322 g/mol. The van der Waals surface area contributed by atoms with Crippen LogP contribution >= 0.6 is 15.9 Å². The highest BCUT2D eigenvalue weighted by atomic mass is 79.9. The van der Waals surface area contributed by atoms with E-state index in [4.69, 9.17) is 0 Å². The molecule has 2 N–H and O–H groups in total. The summed E-state index contributed by atoms with van der Waals surface area (Å²) in [5.74, 6) is 0.692. The average Bonchev–Trinajstić information content (AvgIpc) is 2.83. The molecule has 0 bridgehead atoms. The number of nitrogens with zero attached hydrogens (tertiary/aromatic N) is 3. The first kappa shape index (κ1) is 14.7. The van der Waals surface area contributed by atoms with Crippen LogP contribution in [0.25, 0.3) is 0 Å². The fourth-order valence-corrected chi connectivity index (χ4v) is 2.04. The minimum atomic E-state index is -0.0779. The predicted molar refractivity (Wildman–Crippen MR) is 80.3 cm³/mol. The minimum Gasteiger partial charge on any atom is -0.324 e. The molecule has 0 saturated heterocycles. The van der Waals surface area contributed by atoms with Gasteiger partial charge >= 0.3 is 0 Å². The van der Waals surface area contributed by atoms with Crippen LogP contribution in [0.3, 0.4) is 0 Å². The smallest absolute Gasteiger partial charge is 0.238 e. The van der Waals surface area contributed by atoms with Gasteiger partial charge in [-0.3, -0.25) is 9.48 Å². The summed E-state index contributed by atoms with van der Waals surface area (Å²) in [6.45, 7) is 0.918. The average molecular weight is 338 g/mol. The molecule has 0 atom stereocenters. The van der Waals surface area contributed by atoms with Gasteiger partial charge in [0.25, 0.3) is 0 Å². The molecule has 0 spiro atoms. The van der Waals surface area contributed by atoms with Crippen molar-refractivity contribution in [3.05, 3.63) is 40.9 Å². The topological polar surface area (TPSA) is 71.8 Å². The van der Waals surface area contributed by atoms with Gasteiger partial charge in [-0.2, -0.15) is 5.10 Å². The van der Waals surface area contributed by atoms with Crippen molar-refractivity contribution < 1.29 is 4.79 Å². The van der Waals surface area contributed by atoms with Crippen molar-refractivity contribution in [2.45, 2.75) is 6.42 Å². The van der Waals surface area contributed by atoms with Crippen LogP contribution < -0.4 is 10.6 Å². The summed E-state index contributed by atoms with van der Waals surface area (Å²) in [5, 5.41) is 10.1. The summed E-state index contributed by atoms with van der Waals surface area (Å²) in [6.07, 6.45) is 2.36. The molecule has 0 aliphatic rings. The number of amides is 1. The Morgan fingerprint density at radius 3 is 2.90 bits per heavy atom. The molecule has 20 heavy (non-hydrogen) atoms. The van der Waals surface area contributed by atoms with Crippen molar-refractivity contribution in [3.63, 3.8) is 0 Å². The number of hydrogen-bond acceptors (Lipinski definition) is 4. The van der Waals surface area contributed by atoms with Crippen molar-refractivity contribution in [2.75, 3.05) is 18.4 Å². The Morgan fingerprint density at radius 1 is 1.40 bits per heavy atom. The van der Waals surface area contributed by atoms with Crippen LogP contribution in [0.2, 0.25) is 0 Å². The fourth-order valence-electron chi connectivity index (χ4n) is 1.66. The molecule has 6 nitrogen and oxygen atoms in total. The highest BCUT2D eigenvalue weighted by Gasteiger charge is 2.05. The molecular formula is C13H16BrN5O. The predicted octanol–water partition coefficient (Wildman–Crippen LogP) is 1.35. The van der Waals surface area contributed by atoms with Gasteiger partial charge in [-0.05, 0) is 28.1 Å². The Labute approximate surface area is 125 Å². The molecule has 1 aromatic carbocycles. The zero-order chi connectivity index (χ0) is 14.4. The highest BCUT2D eigenvalue weighted by molar-refractivity contribution is 9.10. The molecule has 0 aliphatic carbocycles. The van der Waals surface area contributed by atoms with E-state index in [1.54, 1.807) is 11.0 Å². The number of nitrogens with one attached hydrogen (secondary N) is 2. The van der Waals surface area contributed by atoms with E-state index in [0.29, 0.717) is 13.0 Å². The molecule has 1 amide bonds. The monoisotopic (exact) mass is 337 g/mol. The number of hydrogen-bond donors (Lipinski definition) is 2. The Bertz CT molecular complexity index is 584. The second kappa shape index (κ2) is 7.16. The molecule has 0 radical (unpaired) electrons. The number of benzene rings is 1. The molecule has 2 rings (SSSR count). The lowest BCUT2D eigenvalue weighted by atomic mass is 10.3. The van der Waals surface area contributed by atoms with Crippen LogP contribution in [0, 0.1) is 0 Å². The van der Waals surface area contributed by atoms with Crippen molar-refractivity contribution in [3.8, 4) is 0 Å². The van der Waals surface area contributed by atoms with Gasteiger partial charge in [0.1, 0.15) is 6.33 Å². The summed E-state index contributed by atoms with van der Waals surface area (Å²) < 4.78 is 2.53. The van der Waals surface area contributed by atoms with Gasteiger partial charge in [0.15, 0.2) is 5.82 Å². The summed E-state index contributed by atoms with van der Waals surface area (Å²) in [6, 6.07) is 7.51. The maximum atomic E-state index is 11.8. The summed E-state index contributed by atoms with van der Waals surface area (Å²) in [7, 11) is 1.83. The lowest BCUT2D eigenvalue weighted by molar-refractivity contribution is -0.115. The van der Waals surface area contributed by atoms with E-state index in [9.17, 15) is 4.79 Å². The maximum Gasteiger partial charge on any atom is 0.238 e. The zero-order valence-electron chi connectivity index (χ0n) is 11.1. The second-order valence-corrected chi connectivity index (χ2v) is 5.14. The van der Waals surface area contributed by atoms with Crippen molar-refractivity contribution in [2.24, 2.45) is 7.05 Å². The third-order valence-electron chi connectivity index (χ3n) is 2.61. The maximum absolute atomic E-state index is 11.8. The highest BCUT2D eigenvalue weighted by Crippen LogP contribution is 2.20. The van der Waals surface area contributed by atoms with Crippen molar-refractivity contribution in [1.29, 1.82) is 0 Å². The number of halogens is 1. The van der Waals surface area contributed by atoms with Crippen molar-refractivity contribution >= 4 is 27.5 Å². The van der Waals surface area contributed by atoms with Crippen LogP contribution in [0.1, 0.15) is 5.82 Å². The molecule has 1 heterocycles. The number of para-hydroxylation sites is 1. The lowest BCUT2D eigenvalue weighted by Crippen LogP contribution is -2.29. The van der Waals surface area contributed by atoms with Crippen LogP contribution in [0.5, 0.6) is 0 Å². The lowest BCUT2D eigenvalue weighted by Gasteiger charge is -2.07. The van der Waals surface area contributed by atoms with E-state index in [1.165, 1.54) is 0 Å². The quantitative estimate of drug-likeness (QED) is 0.780. The Kier molecular flexibility index (Phi) is 5.25. The number of carbonyl (C=O) groups is 1. The molecule has 7 heteroatoms. The van der Waals surface area contributed by atoms with Gasteiger partial charge in [0, 0.05) is 24.5 Å². The SMILES string of the molecule is Cn1cnc(CCNCC(=O)Nc2ccccc2Br)n1. The summed E-state index contributed by atoms with van der Waals surface area (Å²) in [5.41, 5.74) is 0.769. The standard InChI is InChI=1S/C13H16BrN5O/c1-19-9-16-12(18-19)6-7-15-8-13(20)17-11-5-3-2-4-10(11)14/h2-5,9,15H,6-8H2,1H3,(H,17,20). The third-order valence-corrected chi connectivity index (χ3v) is 3.30. The van der Waals surface area contributed by atoms with E-state index < -0.39 is 0 Å². The minimum absolute atomic E-state index is 0.0779. The van der Waals surface area contributed by atoms with E-state index in [1.807, 2.05) is 31.3 Å². The van der Waals surface area contributed by atoms with Gasteiger partial charge in [0.2, 0.25) is 5.91 Å². The van der Waals surface area contributed by atoms with Crippen LogP contribution in [0.4, 0.5) is 5.69 Å². The molecule has 106 valence electrons. The summed E-state index contributed by atoms with van der Waals surface area (Å²) >= 11 is 3.39. The van der Waals surface area contributed by atoms with Gasteiger partial charge in [-0.1, -0.05) is 12.1 Å². The third kappa shape index (κ3) is 4.43. The number of aromatic nitrogens is 3. The molecule has 1 aromatic heterocycles. The molecule has 0 fully saturated rings. The first-order valence-corrected chi connectivity index (χ1v) is 7.04. The first-order valence-electron chi connectivity index (χ1n) is 6.25. The number of aryl methyl sites for hydroxylation is 1. The summed E-state index contributed by atoms with van der Waals surface area (Å²) in [4.78, 5) is 15.9. The Hall–Kier alpha value is -1.73. The van der Waals surface area contributed by atoms with Gasteiger partial charge < -0.3 is 10.6 Å².